The Balaban J connectivity index is 1.26. The molecule has 0 saturated carbocycles. The maximum absolute atomic E-state index is 5.08. The van der Waals surface area contributed by atoms with Crippen LogP contribution in [0, 0.1) is 0 Å². The zero-order valence-electron chi connectivity index (χ0n) is 26.2. The number of allylic oxidation sites excluding steroid dienone is 5. The first-order valence-corrected chi connectivity index (χ1v) is 15.7. The molecule has 0 bridgehead atoms. The average molecular weight is 604 g/mol. The number of pyridine rings is 1. The maximum Gasteiger partial charge on any atom is 0.160 e. The summed E-state index contributed by atoms with van der Waals surface area (Å²) in [6.45, 7) is 6.23. The first-order valence-electron chi connectivity index (χ1n) is 15.7. The number of nitrogens with zero attached hydrogens (tertiary/aromatic N) is 3. The summed E-state index contributed by atoms with van der Waals surface area (Å²) in [7, 11) is 0. The molecule has 0 fully saturated rings. The fourth-order valence-electron chi connectivity index (χ4n) is 5.65. The molecule has 0 aliphatic heterocycles. The number of fused-ring (bicyclic) bond motifs is 1. The minimum atomic E-state index is 0.682. The first kappa shape index (κ1) is 29.5. The summed E-state index contributed by atoms with van der Waals surface area (Å²) in [5.74, 6) is 0.682. The molecule has 0 unspecified atom stereocenters. The molecule has 0 aliphatic carbocycles. The standard InChI is InChI=1S/C44H33N3/c1-3-4-5-9-31(2)32-13-20-36(21-14-32)42-29-43(37-22-15-35(16-23-37)41-12-8-27-45-30-41)47-44(46-42)38-24-17-34(18-25-38)40-26-19-33-10-6-7-11-39(33)28-40/h3-30H,2H2,1H3/b4-3-,9-5-. The van der Waals surface area contributed by atoms with Gasteiger partial charge in [0.1, 0.15) is 0 Å². The van der Waals surface area contributed by atoms with Crippen LogP contribution in [-0.4, -0.2) is 15.0 Å². The minimum Gasteiger partial charge on any atom is -0.264 e. The molecular weight excluding hydrogens is 571 g/mol. The van der Waals surface area contributed by atoms with Crippen molar-refractivity contribution in [2.45, 2.75) is 6.92 Å². The SMILES string of the molecule is C=C(/C=C\C=C/C)c1ccc(-c2cc(-c3ccc(-c4cccnc4)cc3)nc(-c3ccc(-c4ccc5ccccc5c4)cc3)n2)cc1. The number of hydrogen-bond donors (Lipinski definition) is 0. The number of hydrogen-bond acceptors (Lipinski definition) is 3. The lowest BCUT2D eigenvalue weighted by Gasteiger charge is -2.11. The highest BCUT2D eigenvalue weighted by Gasteiger charge is 2.12. The summed E-state index contributed by atoms with van der Waals surface area (Å²) in [4.78, 5) is 14.4. The predicted octanol–water partition coefficient (Wildman–Crippen LogP) is 11.5. The molecule has 5 aromatic carbocycles. The fourth-order valence-corrected chi connectivity index (χ4v) is 5.65. The third kappa shape index (κ3) is 6.61. The van der Waals surface area contributed by atoms with Gasteiger partial charge in [-0.1, -0.05) is 146 Å². The van der Waals surface area contributed by atoms with E-state index in [4.69, 9.17) is 9.97 Å². The van der Waals surface area contributed by atoms with Crippen molar-refractivity contribution in [2.24, 2.45) is 0 Å². The van der Waals surface area contributed by atoms with Crippen LogP contribution in [0.4, 0.5) is 0 Å². The summed E-state index contributed by atoms with van der Waals surface area (Å²) < 4.78 is 0. The molecule has 2 aromatic heterocycles. The van der Waals surface area contributed by atoms with Crippen LogP contribution < -0.4 is 0 Å². The van der Waals surface area contributed by atoms with Crippen molar-refractivity contribution in [1.82, 2.24) is 15.0 Å². The Kier molecular flexibility index (Phi) is 8.44. The number of aromatic nitrogens is 3. The van der Waals surface area contributed by atoms with E-state index in [1.54, 1.807) is 6.20 Å². The third-order valence-corrected chi connectivity index (χ3v) is 8.28. The second kappa shape index (κ2) is 13.4. The molecule has 3 heteroatoms. The third-order valence-electron chi connectivity index (χ3n) is 8.28. The molecule has 7 rings (SSSR count). The zero-order valence-corrected chi connectivity index (χ0v) is 26.2. The molecule has 47 heavy (non-hydrogen) atoms. The molecular formula is C44H33N3. The summed E-state index contributed by atoms with van der Waals surface area (Å²) in [5, 5.41) is 2.47. The molecule has 0 radical (unpaired) electrons. The molecule has 0 amide bonds. The molecule has 224 valence electrons. The van der Waals surface area contributed by atoms with Gasteiger partial charge >= 0.3 is 0 Å². The predicted molar refractivity (Wildman–Crippen MR) is 198 cm³/mol. The van der Waals surface area contributed by atoms with Crippen LogP contribution in [0.3, 0.4) is 0 Å². The normalized spacial score (nSPS) is 11.4. The summed E-state index contributed by atoms with van der Waals surface area (Å²) in [5.41, 5.74) is 11.3. The van der Waals surface area contributed by atoms with Gasteiger partial charge in [-0.05, 0) is 69.3 Å². The van der Waals surface area contributed by atoms with E-state index in [9.17, 15) is 0 Å². The lowest BCUT2D eigenvalue weighted by atomic mass is 9.99. The van der Waals surface area contributed by atoms with Crippen LogP contribution in [0.25, 0.3) is 72.5 Å². The largest absolute Gasteiger partial charge is 0.264 e. The van der Waals surface area contributed by atoms with Crippen molar-refractivity contribution in [3.8, 4) is 56.2 Å². The van der Waals surface area contributed by atoms with Crippen molar-refractivity contribution in [3.63, 3.8) is 0 Å². The Labute approximate surface area is 276 Å². The monoisotopic (exact) mass is 603 g/mol. The van der Waals surface area contributed by atoms with Crippen LogP contribution >= 0.6 is 0 Å². The van der Waals surface area contributed by atoms with E-state index in [0.29, 0.717) is 5.82 Å². The van der Waals surface area contributed by atoms with Gasteiger partial charge in [-0.3, -0.25) is 4.98 Å². The van der Waals surface area contributed by atoms with E-state index < -0.39 is 0 Å². The van der Waals surface area contributed by atoms with Crippen LogP contribution in [0.1, 0.15) is 12.5 Å². The smallest absolute Gasteiger partial charge is 0.160 e. The summed E-state index contributed by atoms with van der Waals surface area (Å²) >= 11 is 0. The van der Waals surface area contributed by atoms with Gasteiger partial charge in [-0.15, -0.1) is 0 Å². The quantitative estimate of drug-likeness (QED) is 0.162. The lowest BCUT2D eigenvalue weighted by molar-refractivity contribution is 1.18. The van der Waals surface area contributed by atoms with Crippen LogP contribution in [0.2, 0.25) is 0 Å². The van der Waals surface area contributed by atoms with Gasteiger partial charge in [-0.25, -0.2) is 9.97 Å². The summed E-state index contributed by atoms with van der Waals surface area (Å²) in [6, 6.07) is 46.5. The van der Waals surface area contributed by atoms with E-state index in [1.165, 1.54) is 16.3 Å². The van der Waals surface area contributed by atoms with E-state index in [-0.39, 0.29) is 0 Å². The Hall–Kier alpha value is -6.19. The second-order valence-electron chi connectivity index (χ2n) is 11.4. The molecule has 0 spiro atoms. The Morgan fingerprint density at radius 2 is 1.13 bits per heavy atom. The first-order chi connectivity index (χ1) is 23.1. The van der Waals surface area contributed by atoms with E-state index in [2.05, 4.69) is 139 Å². The van der Waals surface area contributed by atoms with Gasteiger partial charge in [0.05, 0.1) is 11.4 Å². The second-order valence-corrected chi connectivity index (χ2v) is 11.4. The Morgan fingerprint density at radius 3 is 1.79 bits per heavy atom. The highest BCUT2D eigenvalue weighted by atomic mass is 14.9. The van der Waals surface area contributed by atoms with Crippen LogP contribution in [0.5, 0.6) is 0 Å². The fraction of sp³-hybridized carbons (Fsp3) is 0.0227. The lowest BCUT2D eigenvalue weighted by Crippen LogP contribution is -1.96. The van der Waals surface area contributed by atoms with Gasteiger partial charge in [0.2, 0.25) is 0 Å². The van der Waals surface area contributed by atoms with Crippen molar-refractivity contribution < 1.29 is 0 Å². The van der Waals surface area contributed by atoms with Crippen LogP contribution in [-0.2, 0) is 0 Å². The average Bonchev–Trinajstić information content (AvgIpc) is 3.15. The van der Waals surface area contributed by atoms with Crippen molar-refractivity contribution >= 4 is 16.3 Å². The van der Waals surface area contributed by atoms with Crippen molar-refractivity contribution in [2.75, 3.05) is 0 Å². The number of rotatable bonds is 8. The van der Waals surface area contributed by atoms with Gasteiger partial charge in [-0.2, -0.15) is 0 Å². The molecule has 0 saturated heterocycles. The Bertz CT molecular complexity index is 2230. The van der Waals surface area contributed by atoms with Crippen molar-refractivity contribution in [1.29, 1.82) is 0 Å². The van der Waals surface area contributed by atoms with Gasteiger partial charge in [0.15, 0.2) is 5.82 Å². The van der Waals surface area contributed by atoms with Crippen molar-refractivity contribution in [3.05, 3.63) is 182 Å². The van der Waals surface area contributed by atoms with E-state index in [0.717, 1.165) is 55.9 Å². The van der Waals surface area contributed by atoms with Gasteiger partial charge in [0, 0.05) is 29.1 Å². The Morgan fingerprint density at radius 1 is 0.532 bits per heavy atom. The molecule has 3 nitrogen and oxygen atoms in total. The number of benzene rings is 5. The molecule has 0 atom stereocenters. The van der Waals surface area contributed by atoms with E-state index in [1.807, 2.05) is 43.5 Å². The highest BCUT2D eigenvalue weighted by molar-refractivity contribution is 5.87. The molecule has 0 aliphatic rings. The zero-order chi connectivity index (χ0) is 32.0. The highest BCUT2D eigenvalue weighted by Crippen LogP contribution is 2.31. The minimum absolute atomic E-state index is 0.682. The van der Waals surface area contributed by atoms with Gasteiger partial charge in [0.25, 0.3) is 0 Å². The maximum atomic E-state index is 5.08. The summed E-state index contributed by atoms with van der Waals surface area (Å²) in [6.07, 6.45) is 11.7. The topological polar surface area (TPSA) is 38.7 Å². The molecule has 0 N–H and O–H groups in total. The molecule has 7 aromatic rings. The van der Waals surface area contributed by atoms with E-state index >= 15 is 0 Å². The van der Waals surface area contributed by atoms with Gasteiger partial charge < -0.3 is 0 Å². The van der Waals surface area contributed by atoms with Crippen LogP contribution in [0.15, 0.2) is 177 Å². The molecule has 2 heterocycles.